The van der Waals surface area contributed by atoms with Gasteiger partial charge in [-0.2, -0.15) is 0 Å². The number of carbonyl (C=O) groups is 1. The molecular formula is C8H16N2O4. The van der Waals surface area contributed by atoms with Crippen molar-refractivity contribution < 1.29 is 14.7 Å². The molecule has 6 heteroatoms. The summed E-state index contributed by atoms with van der Waals surface area (Å²) < 4.78 is 0. The van der Waals surface area contributed by atoms with Gasteiger partial charge in [-0.1, -0.05) is 13.8 Å². The summed E-state index contributed by atoms with van der Waals surface area (Å²) in [6.45, 7) is 3.58. The topological polar surface area (TPSA) is 95.5 Å². The minimum atomic E-state index is -0.864. The molecule has 82 valence electrons. The van der Waals surface area contributed by atoms with Crippen LogP contribution in [0.25, 0.3) is 0 Å². The number of carbonyl (C=O) groups excluding carboxylic acids is 1. The summed E-state index contributed by atoms with van der Waals surface area (Å²) in [6, 6.07) is 0. The molecule has 6 nitrogen and oxygen atoms in total. The third kappa shape index (κ3) is 3.20. The molecule has 0 bridgehead atoms. The summed E-state index contributed by atoms with van der Waals surface area (Å²) in [5.41, 5.74) is 4.57. The van der Waals surface area contributed by atoms with Gasteiger partial charge < -0.3 is 10.6 Å². The van der Waals surface area contributed by atoms with Crippen molar-refractivity contribution in [2.24, 2.45) is 11.1 Å². The molecule has 0 saturated heterocycles. The van der Waals surface area contributed by atoms with Crippen molar-refractivity contribution in [3.05, 3.63) is 10.1 Å². The van der Waals surface area contributed by atoms with Crippen molar-refractivity contribution in [3.8, 4) is 0 Å². The largest absolute Gasteiger partial charge is 0.369 e. The number of nitrogens with two attached hydrogens (primary N) is 1. The molecule has 14 heavy (non-hydrogen) atoms. The van der Waals surface area contributed by atoms with Gasteiger partial charge in [0, 0.05) is 0 Å². The molecule has 0 aliphatic rings. The highest BCUT2D eigenvalue weighted by molar-refractivity contribution is 5.80. The van der Waals surface area contributed by atoms with Crippen molar-refractivity contribution in [2.75, 3.05) is 6.61 Å². The zero-order valence-electron chi connectivity index (χ0n) is 8.49. The van der Waals surface area contributed by atoms with Crippen LogP contribution in [-0.2, 0) is 9.63 Å². The van der Waals surface area contributed by atoms with Gasteiger partial charge in [0.25, 0.3) is 5.09 Å². The molecule has 0 rings (SSSR count). The van der Waals surface area contributed by atoms with Gasteiger partial charge in [-0.15, -0.1) is 10.1 Å². The van der Waals surface area contributed by atoms with Crippen LogP contribution in [-0.4, -0.2) is 17.6 Å². The summed E-state index contributed by atoms with van der Waals surface area (Å²) in [6.07, 6.45) is 1.43. The molecule has 0 aliphatic carbocycles. The van der Waals surface area contributed by atoms with Gasteiger partial charge >= 0.3 is 0 Å². The SMILES string of the molecule is CCC(CC)(CCO[N+](=O)[O-])C(N)=O. The van der Waals surface area contributed by atoms with E-state index in [0.29, 0.717) is 12.8 Å². The standard InChI is InChI=1S/C8H16N2O4/c1-3-8(4-2,7(9)11)5-6-14-10(12)13/h3-6H2,1-2H3,(H2,9,11). The minimum absolute atomic E-state index is 0.0857. The third-order valence-corrected chi connectivity index (χ3v) is 2.65. The predicted molar refractivity (Wildman–Crippen MR) is 49.8 cm³/mol. The summed E-state index contributed by atoms with van der Waals surface area (Å²) in [7, 11) is 0. The van der Waals surface area contributed by atoms with Gasteiger partial charge in [0.15, 0.2) is 0 Å². The van der Waals surface area contributed by atoms with Crippen LogP contribution < -0.4 is 5.73 Å². The van der Waals surface area contributed by atoms with E-state index in [1.165, 1.54) is 0 Å². The molecule has 0 aromatic carbocycles. The van der Waals surface area contributed by atoms with Gasteiger partial charge in [0.05, 0.1) is 12.0 Å². The highest BCUT2D eigenvalue weighted by Crippen LogP contribution is 2.29. The molecule has 0 fully saturated rings. The number of hydrogen-bond acceptors (Lipinski definition) is 4. The van der Waals surface area contributed by atoms with Gasteiger partial charge in [0.1, 0.15) is 0 Å². The smallest absolute Gasteiger partial charge is 0.294 e. The fourth-order valence-corrected chi connectivity index (χ4v) is 1.39. The molecule has 0 heterocycles. The first-order chi connectivity index (χ1) is 6.48. The maximum Gasteiger partial charge on any atom is 0.294 e. The highest BCUT2D eigenvalue weighted by atomic mass is 16.9. The van der Waals surface area contributed by atoms with E-state index in [1.54, 1.807) is 0 Å². The Hall–Kier alpha value is -1.33. The summed E-state index contributed by atoms with van der Waals surface area (Å²) in [4.78, 5) is 25.2. The van der Waals surface area contributed by atoms with Crippen LogP contribution in [0.15, 0.2) is 0 Å². The Balaban J connectivity index is 4.22. The molecule has 0 atom stereocenters. The first-order valence-corrected chi connectivity index (χ1v) is 4.55. The number of primary amides is 1. The van der Waals surface area contributed by atoms with Gasteiger partial charge in [-0.25, -0.2) is 0 Å². The normalized spacial score (nSPS) is 11.0. The molecule has 0 unspecified atom stereocenters. The zero-order valence-corrected chi connectivity index (χ0v) is 8.49. The Morgan fingerprint density at radius 3 is 2.29 bits per heavy atom. The minimum Gasteiger partial charge on any atom is -0.369 e. The third-order valence-electron chi connectivity index (χ3n) is 2.65. The first kappa shape index (κ1) is 12.7. The lowest BCUT2D eigenvalue weighted by atomic mass is 9.79. The van der Waals surface area contributed by atoms with Gasteiger partial charge in [-0.05, 0) is 19.3 Å². The van der Waals surface area contributed by atoms with Crippen LogP contribution in [0, 0.1) is 15.5 Å². The van der Waals surface area contributed by atoms with E-state index in [4.69, 9.17) is 5.73 Å². The van der Waals surface area contributed by atoms with Crippen molar-refractivity contribution >= 4 is 5.91 Å². The fraction of sp³-hybridized carbons (Fsp3) is 0.875. The lowest BCUT2D eigenvalue weighted by molar-refractivity contribution is -0.758. The van der Waals surface area contributed by atoms with E-state index < -0.39 is 16.4 Å². The van der Waals surface area contributed by atoms with Crippen LogP contribution in [0.5, 0.6) is 0 Å². The Morgan fingerprint density at radius 1 is 1.50 bits per heavy atom. The maximum atomic E-state index is 11.2. The van der Waals surface area contributed by atoms with E-state index in [0.717, 1.165) is 0 Å². The van der Waals surface area contributed by atoms with Crippen molar-refractivity contribution in [1.82, 2.24) is 0 Å². The van der Waals surface area contributed by atoms with E-state index >= 15 is 0 Å². The first-order valence-electron chi connectivity index (χ1n) is 4.55. The average molecular weight is 204 g/mol. The van der Waals surface area contributed by atoms with Crippen LogP contribution in [0.3, 0.4) is 0 Å². The summed E-state index contributed by atoms with van der Waals surface area (Å²) in [5.74, 6) is -0.422. The molecule has 2 N–H and O–H groups in total. The number of amides is 1. The number of rotatable bonds is 7. The zero-order chi connectivity index (χ0) is 11.2. The van der Waals surface area contributed by atoms with E-state index in [-0.39, 0.29) is 13.0 Å². The fourth-order valence-electron chi connectivity index (χ4n) is 1.39. The second-order valence-corrected chi connectivity index (χ2v) is 3.16. The average Bonchev–Trinajstić information content (AvgIpc) is 2.12. The van der Waals surface area contributed by atoms with Crippen molar-refractivity contribution in [1.29, 1.82) is 0 Å². The Morgan fingerprint density at radius 2 is 2.00 bits per heavy atom. The van der Waals surface area contributed by atoms with Crippen LogP contribution >= 0.6 is 0 Å². The Kier molecular flexibility index (Phi) is 4.90. The lowest BCUT2D eigenvalue weighted by Crippen LogP contribution is -2.37. The molecular weight excluding hydrogens is 188 g/mol. The van der Waals surface area contributed by atoms with Crippen LogP contribution in [0.2, 0.25) is 0 Å². The number of nitrogens with zero attached hydrogens (tertiary/aromatic N) is 1. The van der Waals surface area contributed by atoms with Crippen molar-refractivity contribution in [2.45, 2.75) is 33.1 Å². The molecule has 0 saturated carbocycles. The summed E-state index contributed by atoms with van der Waals surface area (Å²) in [5, 5.41) is 9.03. The molecule has 0 radical (unpaired) electrons. The van der Waals surface area contributed by atoms with Crippen LogP contribution in [0.1, 0.15) is 33.1 Å². The lowest BCUT2D eigenvalue weighted by Gasteiger charge is -2.27. The second kappa shape index (κ2) is 5.41. The molecule has 0 spiro atoms. The maximum absolute atomic E-state index is 11.2. The Bertz CT molecular complexity index is 213. The predicted octanol–water partition coefficient (Wildman–Crippen LogP) is 0.876. The van der Waals surface area contributed by atoms with Crippen LogP contribution in [0.4, 0.5) is 0 Å². The van der Waals surface area contributed by atoms with E-state index in [1.807, 2.05) is 13.8 Å². The second-order valence-electron chi connectivity index (χ2n) is 3.16. The molecule has 1 amide bonds. The monoisotopic (exact) mass is 204 g/mol. The summed E-state index contributed by atoms with van der Waals surface area (Å²) >= 11 is 0. The van der Waals surface area contributed by atoms with E-state index in [9.17, 15) is 14.9 Å². The van der Waals surface area contributed by atoms with Crippen molar-refractivity contribution in [3.63, 3.8) is 0 Å². The molecule has 0 aromatic heterocycles. The highest BCUT2D eigenvalue weighted by Gasteiger charge is 2.32. The molecule has 0 aliphatic heterocycles. The molecule has 0 aromatic rings. The number of hydrogen-bond donors (Lipinski definition) is 1. The van der Waals surface area contributed by atoms with Gasteiger partial charge in [-0.3, -0.25) is 4.79 Å². The quantitative estimate of drug-likeness (QED) is 0.491. The van der Waals surface area contributed by atoms with Gasteiger partial charge in [0.2, 0.25) is 5.91 Å². The Labute approximate surface area is 82.5 Å². The van der Waals surface area contributed by atoms with E-state index in [2.05, 4.69) is 4.84 Å².